The summed E-state index contributed by atoms with van der Waals surface area (Å²) >= 11 is 0. The van der Waals surface area contributed by atoms with E-state index >= 15 is 0 Å². The third-order valence-corrected chi connectivity index (χ3v) is 4.59. The van der Waals surface area contributed by atoms with Crippen LogP contribution in [0.2, 0.25) is 0 Å². The lowest BCUT2D eigenvalue weighted by atomic mass is 10.0. The van der Waals surface area contributed by atoms with Gasteiger partial charge in [-0.25, -0.2) is 0 Å². The quantitative estimate of drug-likeness (QED) is 0.0880. The molecule has 0 radical (unpaired) electrons. The van der Waals surface area contributed by atoms with Crippen LogP contribution in [0.5, 0.6) is 11.5 Å². The van der Waals surface area contributed by atoms with Crippen LogP contribution in [0.25, 0.3) is 0 Å². The van der Waals surface area contributed by atoms with E-state index in [2.05, 4.69) is 24.9 Å². The topological polar surface area (TPSA) is 97.1 Å². The Morgan fingerprint density at radius 2 is 2.00 bits per heavy atom. The molecule has 1 rings (SSSR count). The summed E-state index contributed by atoms with van der Waals surface area (Å²) in [5, 5.41) is 9.86. The van der Waals surface area contributed by atoms with Gasteiger partial charge in [0.2, 0.25) is 0 Å². The van der Waals surface area contributed by atoms with Crippen LogP contribution >= 0.6 is 0 Å². The maximum atomic E-state index is 11.2. The van der Waals surface area contributed by atoms with Crippen molar-refractivity contribution >= 4 is 5.97 Å². The van der Waals surface area contributed by atoms with Crippen LogP contribution < -0.4 is 9.57 Å². The molecule has 0 saturated carbocycles. The molecule has 8 heteroatoms. The number of rotatable bonds is 16. The van der Waals surface area contributed by atoms with E-state index in [-0.39, 0.29) is 23.7 Å². The van der Waals surface area contributed by atoms with Crippen molar-refractivity contribution in [2.24, 2.45) is 0 Å². The van der Waals surface area contributed by atoms with Gasteiger partial charge in [-0.3, -0.25) is 9.63 Å². The van der Waals surface area contributed by atoms with Gasteiger partial charge in [0.25, 0.3) is 5.09 Å². The molecule has 1 aromatic carbocycles. The van der Waals surface area contributed by atoms with E-state index in [9.17, 15) is 14.9 Å². The average molecular weight is 436 g/mol. The summed E-state index contributed by atoms with van der Waals surface area (Å²) in [4.78, 5) is 26.6. The Bertz CT molecular complexity index is 747. The summed E-state index contributed by atoms with van der Waals surface area (Å²) in [5.74, 6) is 0.239. The minimum atomic E-state index is -0.879. The first-order chi connectivity index (χ1) is 14.8. The van der Waals surface area contributed by atoms with E-state index in [1.54, 1.807) is 24.3 Å². The first-order valence-corrected chi connectivity index (χ1v) is 10.4. The molecular formula is C23H33NO7. The lowest BCUT2D eigenvalue weighted by molar-refractivity contribution is -0.711. The first kappa shape index (κ1) is 26.2. The Balaban J connectivity index is 2.87. The highest BCUT2D eigenvalue weighted by atomic mass is 17.0. The molecule has 0 spiro atoms. The fraction of sp³-hybridized carbons (Fsp3) is 0.522. The summed E-state index contributed by atoms with van der Waals surface area (Å²) in [7, 11) is 1.41. The van der Waals surface area contributed by atoms with Crippen molar-refractivity contribution in [1.29, 1.82) is 0 Å². The number of benzene rings is 1. The Labute approximate surface area is 183 Å². The molecule has 0 bridgehead atoms. The third-order valence-electron chi connectivity index (χ3n) is 4.59. The van der Waals surface area contributed by atoms with E-state index in [1.165, 1.54) is 14.0 Å². The van der Waals surface area contributed by atoms with Crippen molar-refractivity contribution in [2.75, 3.05) is 7.11 Å². The molecule has 8 nitrogen and oxygen atoms in total. The van der Waals surface area contributed by atoms with Crippen molar-refractivity contribution in [3.63, 3.8) is 0 Å². The van der Waals surface area contributed by atoms with Crippen LogP contribution in [-0.2, 0) is 20.7 Å². The monoisotopic (exact) mass is 435 g/mol. The predicted molar refractivity (Wildman–Crippen MR) is 117 cm³/mol. The second-order valence-corrected chi connectivity index (χ2v) is 7.22. The molecule has 0 aromatic heterocycles. The second kappa shape index (κ2) is 14.2. The van der Waals surface area contributed by atoms with E-state index < -0.39 is 11.1 Å². The van der Waals surface area contributed by atoms with Crippen molar-refractivity contribution in [2.45, 2.75) is 71.0 Å². The van der Waals surface area contributed by atoms with E-state index in [0.717, 1.165) is 37.7 Å². The van der Waals surface area contributed by atoms with Crippen molar-refractivity contribution in [3.8, 4) is 11.5 Å². The van der Waals surface area contributed by atoms with Gasteiger partial charge in [0, 0.05) is 19.8 Å². The number of carbonyl (C=O) groups is 1. The van der Waals surface area contributed by atoms with Crippen molar-refractivity contribution in [1.82, 2.24) is 0 Å². The van der Waals surface area contributed by atoms with Gasteiger partial charge < -0.3 is 14.2 Å². The van der Waals surface area contributed by atoms with Crippen LogP contribution in [0.3, 0.4) is 0 Å². The standard InChI is InChI=1S/C23H33NO7/c1-6-8-9-10-11-21(14-17(3)29-18(4)25)30-20(7-2)15-19-12-13-22(28-5)23(16-19)31-24(26)27/h7,12-13,16,20-21H,2-3,6,8-11,14-15H2,1,4-5H3/t20-,21+/m1/s1. The summed E-state index contributed by atoms with van der Waals surface area (Å²) in [6.45, 7) is 11.2. The minimum absolute atomic E-state index is 0.0205. The van der Waals surface area contributed by atoms with E-state index in [0.29, 0.717) is 18.6 Å². The van der Waals surface area contributed by atoms with Crippen molar-refractivity contribution < 1.29 is 28.9 Å². The zero-order chi connectivity index (χ0) is 23.2. The van der Waals surface area contributed by atoms with Gasteiger partial charge in [-0.15, -0.1) is 16.7 Å². The smallest absolute Gasteiger partial charge is 0.307 e. The number of hydrogen-bond donors (Lipinski definition) is 0. The number of esters is 1. The molecule has 0 N–H and O–H groups in total. The molecule has 0 heterocycles. The van der Waals surface area contributed by atoms with Gasteiger partial charge in [-0.2, -0.15) is 0 Å². The Morgan fingerprint density at radius 1 is 1.26 bits per heavy atom. The van der Waals surface area contributed by atoms with Gasteiger partial charge in [-0.05, 0) is 24.1 Å². The molecule has 1 aromatic rings. The van der Waals surface area contributed by atoms with Gasteiger partial charge in [0.05, 0.1) is 19.3 Å². The molecule has 0 aliphatic carbocycles. The summed E-state index contributed by atoms with van der Waals surface area (Å²) in [6.07, 6.45) is 7.13. The second-order valence-electron chi connectivity index (χ2n) is 7.22. The first-order valence-electron chi connectivity index (χ1n) is 10.4. The van der Waals surface area contributed by atoms with Crippen LogP contribution in [0.15, 0.2) is 43.2 Å². The molecule has 31 heavy (non-hydrogen) atoms. The predicted octanol–water partition coefficient (Wildman–Crippen LogP) is 5.19. The zero-order valence-corrected chi connectivity index (χ0v) is 18.6. The van der Waals surface area contributed by atoms with E-state index in [4.69, 9.17) is 14.2 Å². The van der Waals surface area contributed by atoms with Crippen molar-refractivity contribution in [3.05, 3.63) is 58.9 Å². The summed E-state index contributed by atoms with van der Waals surface area (Å²) in [6, 6.07) is 4.95. The number of carbonyl (C=O) groups excluding carboxylic acids is 1. The lowest BCUT2D eigenvalue weighted by Gasteiger charge is -2.24. The molecule has 0 fully saturated rings. The Kier molecular flexibility index (Phi) is 12.0. The number of methoxy groups -OCH3 is 1. The molecule has 172 valence electrons. The summed E-state index contributed by atoms with van der Waals surface area (Å²) < 4.78 is 16.4. The minimum Gasteiger partial charge on any atom is -0.494 e. The highest BCUT2D eigenvalue weighted by Crippen LogP contribution is 2.29. The number of ether oxygens (including phenoxy) is 3. The molecule has 0 amide bonds. The van der Waals surface area contributed by atoms with Crippen LogP contribution in [-0.4, -0.2) is 30.4 Å². The number of nitrogens with zero attached hydrogens (tertiary/aromatic N) is 1. The van der Waals surface area contributed by atoms with Crippen LogP contribution in [0, 0.1) is 10.1 Å². The molecule has 0 saturated heterocycles. The number of hydrogen-bond acceptors (Lipinski definition) is 7. The fourth-order valence-electron chi connectivity index (χ4n) is 3.18. The Morgan fingerprint density at radius 3 is 2.58 bits per heavy atom. The van der Waals surface area contributed by atoms with Crippen LogP contribution in [0.1, 0.15) is 57.9 Å². The lowest BCUT2D eigenvalue weighted by Crippen LogP contribution is -2.24. The molecule has 2 atom stereocenters. The van der Waals surface area contributed by atoms with E-state index in [1.807, 2.05) is 0 Å². The molecule has 0 aliphatic rings. The molecule has 0 unspecified atom stereocenters. The SMILES string of the molecule is C=C[C@H](Cc1ccc(OC)c(O[N+](=O)[O-])c1)O[C@@H](CCCCCC)CC(=C)OC(C)=O. The highest BCUT2D eigenvalue weighted by molar-refractivity contribution is 5.67. The maximum Gasteiger partial charge on any atom is 0.307 e. The number of unbranched alkanes of at least 4 members (excludes halogenated alkanes) is 3. The third kappa shape index (κ3) is 10.6. The zero-order valence-electron chi connectivity index (χ0n) is 18.6. The Hall–Kier alpha value is -2.87. The molecule has 0 aliphatic heterocycles. The fourth-order valence-corrected chi connectivity index (χ4v) is 3.18. The largest absolute Gasteiger partial charge is 0.494 e. The van der Waals surface area contributed by atoms with Gasteiger partial charge >= 0.3 is 5.97 Å². The highest BCUT2D eigenvalue weighted by Gasteiger charge is 2.19. The van der Waals surface area contributed by atoms with Gasteiger partial charge in [0.15, 0.2) is 5.75 Å². The van der Waals surface area contributed by atoms with Crippen LogP contribution in [0.4, 0.5) is 0 Å². The summed E-state index contributed by atoms with van der Waals surface area (Å²) in [5.41, 5.74) is 0.770. The average Bonchev–Trinajstić information content (AvgIpc) is 2.69. The molecular weight excluding hydrogens is 402 g/mol. The maximum absolute atomic E-state index is 11.2. The van der Waals surface area contributed by atoms with Gasteiger partial charge in [-0.1, -0.05) is 51.3 Å². The van der Waals surface area contributed by atoms with Gasteiger partial charge in [0.1, 0.15) is 11.5 Å². The normalized spacial score (nSPS) is 12.5.